The highest BCUT2D eigenvalue weighted by Crippen LogP contribution is 2.57. The van der Waals surface area contributed by atoms with Crippen LogP contribution in [0, 0.1) is 0 Å². The Morgan fingerprint density at radius 3 is 2.40 bits per heavy atom. The van der Waals surface area contributed by atoms with E-state index in [1.54, 1.807) is 43.6 Å². The molecular weight excluding hydrogens is 682 g/mol. The van der Waals surface area contributed by atoms with Gasteiger partial charge in [-0.2, -0.15) is 0 Å². The summed E-state index contributed by atoms with van der Waals surface area (Å²) in [7, 11) is -1.38. The minimum Gasteiger partial charge on any atom is -0.497 e. The van der Waals surface area contributed by atoms with Crippen LogP contribution in [0.25, 0.3) is 0 Å². The number of piperazine rings is 1. The van der Waals surface area contributed by atoms with Gasteiger partial charge >= 0.3 is 0 Å². The lowest BCUT2D eigenvalue weighted by molar-refractivity contribution is -0.127. The number of benzene rings is 3. The van der Waals surface area contributed by atoms with Gasteiger partial charge in [-0.3, -0.25) is 19.5 Å². The first kappa shape index (κ1) is 34.5. The Morgan fingerprint density at radius 1 is 0.960 bits per heavy atom. The number of carbonyl (C=O) groups excluding carboxylic acids is 1. The van der Waals surface area contributed by atoms with Crippen LogP contribution in [0.15, 0.2) is 82.4 Å². The normalized spacial score (nSPS) is 21.9. The number of anilines is 1. The number of oxazole rings is 1. The van der Waals surface area contributed by atoms with E-state index in [0.29, 0.717) is 66.0 Å². The number of ether oxygens (including phenoxy) is 2. The van der Waals surface area contributed by atoms with Crippen LogP contribution in [0.1, 0.15) is 41.5 Å². The predicted molar refractivity (Wildman–Crippen MR) is 187 cm³/mol. The van der Waals surface area contributed by atoms with Crippen LogP contribution < -0.4 is 13.8 Å². The van der Waals surface area contributed by atoms with Crippen LogP contribution in [0.2, 0.25) is 5.02 Å². The Morgan fingerprint density at radius 2 is 1.72 bits per heavy atom. The maximum atomic E-state index is 15.6. The van der Waals surface area contributed by atoms with Crippen molar-refractivity contribution in [3.05, 3.63) is 101 Å². The highest BCUT2D eigenvalue weighted by atomic mass is 35.5. The highest BCUT2D eigenvalue weighted by Gasteiger charge is 2.62. The van der Waals surface area contributed by atoms with Crippen LogP contribution in [-0.4, -0.2) is 99.2 Å². The number of carbonyl (C=O) groups is 1. The summed E-state index contributed by atoms with van der Waals surface area (Å²) in [5.74, 6) is 0.686. The van der Waals surface area contributed by atoms with E-state index in [-0.39, 0.29) is 17.2 Å². The largest absolute Gasteiger partial charge is 0.497 e. The summed E-state index contributed by atoms with van der Waals surface area (Å²) in [5, 5.41) is 9.75. The van der Waals surface area contributed by atoms with Crippen LogP contribution in [0.5, 0.6) is 11.5 Å². The minimum absolute atomic E-state index is 0.0601. The Kier molecular flexibility index (Phi) is 9.63. The number of nitrogens with zero attached hydrogens (tertiary/aromatic N) is 5. The number of hydrogen-bond acceptors (Lipinski definition) is 11. The van der Waals surface area contributed by atoms with Gasteiger partial charge in [-0.25, -0.2) is 17.7 Å². The van der Waals surface area contributed by atoms with Crippen molar-refractivity contribution in [3.8, 4) is 11.5 Å². The molecule has 12 nitrogen and oxygen atoms in total. The van der Waals surface area contributed by atoms with Crippen molar-refractivity contribution in [2.45, 2.75) is 35.9 Å². The molecule has 0 aliphatic carbocycles. The van der Waals surface area contributed by atoms with Gasteiger partial charge in [0, 0.05) is 62.0 Å². The first-order valence-corrected chi connectivity index (χ1v) is 18.5. The van der Waals surface area contributed by atoms with Gasteiger partial charge in [-0.05, 0) is 73.0 Å². The fraction of sp³-hybridized carbons (Fsp3) is 0.389. The van der Waals surface area contributed by atoms with Gasteiger partial charge in [0.1, 0.15) is 17.8 Å². The van der Waals surface area contributed by atoms with E-state index < -0.39 is 27.5 Å². The maximum Gasteiger partial charge on any atom is 0.271 e. The molecule has 2 saturated heterocycles. The number of sulfonamides is 1. The van der Waals surface area contributed by atoms with Crippen molar-refractivity contribution in [1.82, 2.24) is 19.7 Å². The molecule has 4 aromatic rings. The molecule has 1 amide bonds. The Bertz CT molecular complexity index is 1950. The molecule has 3 aliphatic heterocycles. The third kappa shape index (κ3) is 5.85. The van der Waals surface area contributed by atoms with Gasteiger partial charge in [0.2, 0.25) is 5.89 Å². The lowest BCUT2D eigenvalue weighted by Crippen LogP contribution is -2.54. The molecule has 0 bridgehead atoms. The van der Waals surface area contributed by atoms with Gasteiger partial charge in [-0.1, -0.05) is 17.7 Å². The van der Waals surface area contributed by atoms with Crippen molar-refractivity contribution >= 4 is 33.2 Å². The molecule has 7 rings (SSSR count). The smallest absolute Gasteiger partial charge is 0.271 e. The minimum atomic E-state index is -4.43. The van der Waals surface area contributed by atoms with Gasteiger partial charge in [0.25, 0.3) is 15.9 Å². The number of aliphatic hydroxyl groups is 1. The number of aromatic nitrogens is 1. The fourth-order valence-corrected chi connectivity index (χ4v) is 9.29. The summed E-state index contributed by atoms with van der Waals surface area (Å²) >= 11 is 6.71. The fourth-order valence-electron chi connectivity index (χ4n) is 7.66. The van der Waals surface area contributed by atoms with Crippen molar-refractivity contribution in [3.63, 3.8) is 0 Å². The topological polar surface area (TPSA) is 129 Å². The zero-order valence-electron chi connectivity index (χ0n) is 28.0. The SMILES string of the molecule is COc1ccc(S(=O)(=O)N2C(=O)C(c3cc(CN4CCN(CCO)CC4)ccc3OC)(N3CCC[C@H]3c3ncco3)c3cc(Cl)ccc32)cc1. The molecule has 264 valence electrons. The predicted octanol–water partition coefficient (Wildman–Crippen LogP) is 4.27. The molecule has 3 aromatic carbocycles. The number of β-amino-alcohol motifs (C(OH)–C–C–N with tert-alkyl or cyclic N) is 1. The molecule has 50 heavy (non-hydrogen) atoms. The number of aliphatic hydroxyl groups excluding tert-OH is 1. The van der Waals surface area contributed by atoms with E-state index in [2.05, 4.69) is 14.8 Å². The highest BCUT2D eigenvalue weighted by molar-refractivity contribution is 7.93. The van der Waals surface area contributed by atoms with Crippen molar-refractivity contribution in [2.75, 3.05) is 64.4 Å². The zero-order valence-corrected chi connectivity index (χ0v) is 29.6. The number of rotatable bonds is 11. The Labute approximate surface area is 296 Å². The van der Waals surface area contributed by atoms with Crippen LogP contribution in [-0.2, 0) is 26.9 Å². The number of likely N-dealkylation sites (tertiary alicyclic amines) is 1. The molecule has 1 N–H and O–H groups in total. The average Bonchev–Trinajstić information content (AvgIpc) is 3.88. The van der Waals surface area contributed by atoms with Crippen LogP contribution >= 0.6 is 11.6 Å². The zero-order chi connectivity index (χ0) is 35.0. The second kappa shape index (κ2) is 14.0. The van der Waals surface area contributed by atoms with Gasteiger partial charge in [-0.15, -0.1) is 0 Å². The lowest BCUT2D eigenvalue weighted by atomic mass is 9.80. The molecule has 0 spiro atoms. The third-order valence-electron chi connectivity index (χ3n) is 10.0. The Balaban J connectivity index is 1.42. The van der Waals surface area contributed by atoms with E-state index >= 15 is 4.79 Å². The molecule has 4 heterocycles. The van der Waals surface area contributed by atoms with E-state index in [1.165, 1.54) is 25.5 Å². The molecule has 1 unspecified atom stereocenters. The molecule has 1 aromatic heterocycles. The molecule has 3 aliphatic rings. The second-order valence-electron chi connectivity index (χ2n) is 12.7. The molecule has 0 radical (unpaired) electrons. The van der Waals surface area contributed by atoms with E-state index in [9.17, 15) is 13.5 Å². The van der Waals surface area contributed by atoms with E-state index in [1.807, 2.05) is 23.1 Å². The number of halogens is 1. The van der Waals surface area contributed by atoms with Gasteiger partial charge in [0.15, 0.2) is 5.54 Å². The number of amides is 1. The summed E-state index contributed by atoms with van der Waals surface area (Å²) in [6.45, 7) is 5.12. The average molecular weight is 722 g/mol. The molecular formula is C36H40ClN5O7S. The molecule has 0 saturated carbocycles. The van der Waals surface area contributed by atoms with Crippen molar-refractivity contribution in [1.29, 1.82) is 0 Å². The molecule has 2 atom stereocenters. The van der Waals surface area contributed by atoms with Crippen molar-refractivity contribution in [2.24, 2.45) is 0 Å². The monoisotopic (exact) mass is 721 g/mol. The first-order valence-electron chi connectivity index (χ1n) is 16.6. The van der Waals surface area contributed by atoms with Crippen LogP contribution in [0.4, 0.5) is 5.69 Å². The quantitative estimate of drug-likeness (QED) is 0.239. The molecule has 2 fully saturated rings. The van der Waals surface area contributed by atoms with E-state index in [0.717, 1.165) is 36.0 Å². The number of methoxy groups -OCH3 is 2. The van der Waals surface area contributed by atoms with Gasteiger partial charge in [0.05, 0.1) is 43.6 Å². The van der Waals surface area contributed by atoms with Gasteiger partial charge < -0.3 is 19.0 Å². The standard InChI is InChI=1S/C36H40ClN5O7S/c1-47-27-7-9-28(10-8-27)50(45,46)42-31-11-6-26(37)23-29(31)36(35(42)44,41-14-3-4-32(41)34-38-13-21-49-34)30-22-25(5-12-33(30)48-2)24-40-17-15-39(16-18-40)19-20-43/h5-13,21-23,32,43H,3-4,14-20,24H2,1-2H3/t32-,36?/m0/s1. The summed E-state index contributed by atoms with van der Waals surface area (Å²) < 4.78 is 47.3. The number of fused-ring (bicyclic) bond motifs is 1. The summed E-state index contributed by atoms with van der Waals surface area (Å²) in [5.41, 5.74) is 0.405. The third-order valence-corrected chi connectivity index (χ3v) is 12.0. The Hall–Kier alpha value is -3.98. The number of hydrogen-bond donors (Lipinski definition) is 1. The summed E-state index contributed by atoms with van der Waals surface area (Å²) in [6, 6.07) is 16.2. The maximum absolute atomic E-state index is 15.6. The molecule has 14 heteroatoms. The second-order valence-corrected chi connectivity index (χ2v) is 14.9. The summed E-state index contributed by atoms with van der Waals surface area (Å²) in [6.07, 6.45) is 4.42. The van der Waals surface area contributed by atoms with Crippen LogP contribution in [0.3, 0.4) is 0 Å². The van der Waals surface area contributed by atoms with E-state index in [4.69, 9.17) is 25.5 Å². The summed E-state index contributed by atoms with van der Waals surface area (Å²) in [4.78, 5) is 26.6. The lowest BCUT2D eigenvalue weighted by Gasteiger charge is -2.41. The first-order chi connectivity index (χ1) is 24.2. The van der Waals surface area contributed by atoms with Crippen molar-refractivity contribution < 1.29 is 32.2 Å².